The molecule has 0 radical (unpaired) electrons. The molecule has 0 spiro atoms. The number of esters is 1. The maximum Gasteiger partial charge on any atom is 0.359 e. The second-order valence-corrected chi connectivity index (χ2v) is 9.56. The monoisotopic (exact) mass is 465 g/mol. The Morgan fingerprint density at radius 2 is 1.79 bits per heavy atom. The Labute approximate surface area is 201 Å². The number of aliphatic hydroxyl groups excluding tert-OH is 2. The van der Waals surface area contributed by atoms with Gasteiger partial charge in [0.15, 0.2) is 5.70 Å². The lowest BCUT2D eigenvalue weighted by atomic mass is 9.77. The van der Waals surface area contributed by atoms with E-state index in [-0.39, 0.29) is 36.2 Å². The van der Waals surface area contributed by atoms with Gasteiger partial charge in [0.25, 0.3) is 0 Å². The molecule has 1 aliphatic heterocycles. The fourth-order valence-corrected chi connectivity index (χ4v) is 5.53. The molecule has 2 aromatic rings. The molecule has 6 nitrogen and oxygen atoms in total. The molecule has 1 atom stereocenters. The van der Waals surface area contributed by atoms with E-state index in [0.717, 1.165) is 48.9 Å². The van der Waals surface area contributed by atoms with Crippen molar-refractivity contribution in [2.24, 2.45) is 5.92 Å². The topological polar surface area (TPSA) is 90.2 Å². The zero-order chi connectivity index (χ0) is 24.1. The first-order chi connectivity index (χ1) is 16.5. The SMILES string of the molecule is CCCN(C1=C(O)CC(CCc2cccc(O)c2)(C2CCCC2)OC1=O)c1cccc(CO)c1. The highest BCUT2D eigenvalue weighted by Gasteiger charge is 2.49. The smallest absolute Gasteiger partial charge is 0.359 e. The molecule has 0 amide bonds. The highest BCUT2D eigenvalue weighted by atomic mass is 16.6. The number of ether oxygens (including phenoxy) is 1. The molecule has 1 unspecified atom stereocenters. The van der Waals surface area contributed by atoms with Crippen LogP contribution >= 0.6 is 0 Å². The van der Waals surface area contributed by atoms with Crippen molar-refractivity contribution in [2.45, 2.75) is 70.5 Å². The number of anilines is 1. The number of rotatable bonds is 9. The second-order valence-electron chi connectivity index (χ2n) is 9.56. The maximum atomic E-state index is 13.5. The van der Waals surface area contributed by atoms with Crippen molar-refractivity contribution in [3.05, 3.63) is 71.1 Å². The minimum Gasteiger partial charge on any atom is -0.510 e. The summed E-state index contributed by atoms with van der Waals surface area (Å²) in [6.45, 7) is 2.47. The summed E-state index contributed by atoms with van der Waals surface area (Å²) in [5.41, 5.74) is 1.92. The molecule has 34 heavy (non-hydrogen) atoms. The summed E-state index contributed by atoms with van der Waals surface area (Å²) in [4.78, 5) is 15.3. The fraction of sp³-hybridized carbons (Fsp3) is 0.464. The molecule has 2 aliphatic rings. The van der Waals surface area contributed by atoms with Crippen LogP contribution in [0.2, 0.25) is 0 Å². The van der Waals surface area contributed by atoms with Crippen LogP contribution in [-0.2, 0) is 22.6 Å². The number of carbonyl (C=O) groups excluding carboxylic acids is 1. The van der Waals surface area contributed by atoms with Crippen molar-refractivity contribution < 1.29 is 24.9 Å². The van der Waals surface area contributed by atoms with Crippen LogP contribution < -0.4 is 4.90 Å². The summed E-state index contributed by atoms with van der Waals surface area (Å²) in [5, 5.41) is 30.7. The van der Waals surface area contributed by atoms with Gasteiger partial charge in [-0.15, -0.1) is 0 Å². The first-order valence-corrected chi connectivity index (χ1v) is 12.4. The van der Waals surface area contributed by atoms with Crippen molar-refractivity contribution in [3.63, 3.8) is 0 Å². The van der Waals surface area contributed by atoms with E-state index in [1.807, 2.05) is 48.2 Å². The van der Waals surface area contributed by atoms with Gasteiger partial charge >= 0.3 is 5.97 Å². The predicted molar refractivity (Wildman–Crippen MR) is 131 cm³/mol. The van der Waals surface area contributed by atoms with Gasteiger partial charge in [0.1, 0.15) is 17.1 Å². The van der Waals surface area contributed by atoms with Crippen LogP contribution in [0.25, 0.3) is 0 Å². The van der Waals surface area contributed by atoms with E-state index in [4.69, 9.17) is 4.74 Å². The summed E-state index contributed by atoms with van der Waals surface area (Å²) in [6.07, 6.45) is 6.47. The molecule has 1 saturated carbocycles. The van der Waals surface area contributed by atoms with Crippen LogP contribution in [0.15, 0.2) is 60.0 Å². The van der Waals surface area contributed by atoms with Gasteiger partial charge < -0.3 is 25.0 Å². The minimum absolute atomic E-state index is 0.0712. The number of phenolic OH excluding ortho intramolecular Hbond substituents is 1. The lowest BCUT2D eigenvalue weighted by Crippen LogP contribution is -2.48. The van der Waals surface area contributed by atoms with Gasteiger partial charge in [0.05, 0.1) is 6.61 Å². The Bertz CT molecular complexity index is 1040. The number of aromatic hydroxyl groups is 1. The molecule has 4 rings (SSSR count). The Morgan fingerprint density at radius 3 is 2.47 bits per heavy atom. The van der Waals surface area contributed by atoms with Crippen LogP contribution in [0.3, 0.4) is 0 Å². The highest BCUT2D eigenvalue weighted by molar-refractivity contribution is 5.94. The van der Waals surface area contributed by atoms with Crippen molar-refractivity contribution in [1.82, 2.24) is 0 Å². The van der Waals surface area contributed by atoms with Crippen LogP contribution in [0, 0.1) is 5.92 Å². The van der Waals surface area contributed by atoms with E-state index >= 15 is 0 Å². The van der Waals surface area contributed by atoms with Gasteiger partial charge in [-0.1, -0.05) is 44.0 Å². The van der Waals surface area contributed by atoms with Crippen LogP contribution in [0.5, 0.6) is 5.75 Å². The third-order valence-electron chi connectivity index (χ3n) is 7.20. The van der Waals surface area contributed by atoms with Crippen LogP contribution in [0.4, 0.5) is 5.69 Å². The molecule has 3 N–H and O–H groups in total. The number of carbonyl (C=O) groups is 1. The first-order valence-electron chi connectivity index (χ1n) is 12.4. The Hall–Kier alpha value is -2.99. The molecular weight excluding hydrogens is 430 g/mol. The summed E-state index contributed by atoms with van der Waals surface area (Å²) in [7, 11) is 0. The van der Waals surface area contributed by atoms with Crippen molar-refractivity contribution >= 4 is 11.7 Å². The maximum absolute atomic E-state index is 13.5. The zero-order valence-corrected chi connectivity index (χ0v) is 19.9. The summed E-state index contributed by atoms with van der Waals surface area (Å²) in [5.74, 6) is 0.00419. The number of nitrogens with zero attached hydrogens (tertiary/aromatic N) is 1. The molecule has 2 aromatic carbocycles. The standard InChI is InChI=1S/C28H35NO5/c1-2-15-29(23-11-5-8-21(16-23)19-30)26-25(32)18-28(34-27(26)33,22-9-3-4-10-22)14-13-20-7-6-12-24(31)17-20/h5-8,11-12,16-17,22,30-32H,2-4,9-10,13-15,18-19H2,1H3. The van der Waals surface area contributed by atoms with E-state index in [9.17, 15) is 20.1 Å². The lowest BCUT2D eigenvalue weighted by molar-refractivity contribution is -0.167. The van der Waals surface area contributed by atoms with Crippen molar-refractivity contribution in [2.75, 3.05) is 11.4 Å². The molecule has 0 bridgehead atoms. The van der Waals surface area contributed by atoms with E-state index in [1.165, 1.54) is 0 Å². The molecule has 0 aromatic heterocycles. The molecular formula is C28H35NO5. The average molecular weight is 466 g/mol. The third kappa shape index (κ3) is 5.07. The normalized spacial score (nSPS) is 21.1. The number of hydrogen-bond donors (Lipinski definition) is 3. The van der Waals surface area contributed by atoms with E-state index in [0.29, 0.717) is 19.4 Å². The van der Waals surface area contributed by atoms with Crippen LogP contribution in [0.1, 0.15) is 63.0 Å². The largest absolute Gasteiger partial charge is 0.510 e. The van der Waals surface area contributed by atoms with Gasteiger partial charge in [0, 0.05) is 18.7 Å². The van der Waals surface area contributed by atoms with Crippen molar-refractivity contribution in [3.8, 4) is 5.75 Å². The zero-order valence-electron chi connectivity index (χ0n) is 19.9. The van der Waals surface area contributed by atoms with Gasteiger partial charge in [-0.2, -0.15) is 0 Å². The predicted octanol–water partition coefficient (Wildman–Crippen LogP) is 5.38. The van der Waals surface area contributed by atoms with E-state index in [2.05, 4.69) is 0 Å². The summed E-state index contributed by atoms with van der Waals surface area (Å²) >= 11 is 0. The molecule has 0 saturated heterocycles. The fourth-order valence-electron chi connectivity index (χ4n) is 5.53. The van der Waals surface area contributed by atoms with Gasteiger partial charge in [0.2, 0.25) is 0 Å². The average Bonchev–Trinajstić information content (AvgIpc) is 3.38. The first kappa shape index (κ1) is 24.1. The number of benzene rings is 2. The summed E-state index contributed by atoms with van der Waals surface area (Å²) in [6, 6.07) is 14.6. The molecule has 1 heterocycles. The molecule has 182 valence electrons. The van der Waals surface area contributed by atoms with Crippen LogP contribution in [-0.4, -0.2) is 33.4 Å². The van der Waals surface area contributed by atoms with Gasteiger partial charge in [-0.3, -0.25) is 0 Å². The lowest BCUT2D eigenvalue weighted by Gasteiger charge is -2.43. The second kappa shape index (κ2) is 10.5. The minimum atomic E-state index is -0.753. The van der Waals surface area contributed by atoms with Crippen molar-refractivity contribution in [1.29, 1.82) is 0 Å². The Kier molecular flexibility index (Phi) is 7.47. The van der Waals surface area contributed by atoms with E-state index < -0.39 is 11.6 Å². The van der Waals surface area contributed by atoms with E-state index in [1.54, 1.807) is 12.1 Å². The third-order valence-corrected chi connectivity index (χ3v) is 7.20. The number of phenols is 1. The number of hydrogen-bond acceptors (Lipinski definition) is 6. The molecule has 1 fully saturated rings. The van der Waals surface area contributed by atoms with Gasteiger partial charge in [-0.05, 0) is 73.4 Å². The number of aliphatic hydroxyl groups is 2. The highest BCUT2D eigenvalue weighted by Crippen LogP contribution is 2.46. The Morgan fingerprint density at radius 1 is 1.06 bits per heavy atom. The Balaban J connectivity index is 1.66. The molecule has 6 heteroatoms. The number of cyclic esters (lactones) is 1. The number of aryl methyl sites for hydroxylation is 1. The quantitative estimate of drug-likeness (QED) is 0.431. The summed E-state index contributed by atoms with van der Waals surface area (Å²) < 4.78 is 6.29. The van der Waals surface area contributed by atoms with Gasteiger partial charge in [-0.25, -0.2) is 4.79 Å². The molecule has 1 aliphatic carbocycles.